The summed E-state index contributed by atoms with van der Waals surface area (Å²) in [6.45, 7) is 40.2. The average molecular weight is 646 g/mol. The van der Waals surface area contributed by atoms with Crippen LogP contribution in [0.4, 0.5) is 0 Å². The molecule has 4 heteroatoms. The van der Waals surface area contributed by atoms with Crippen LogP contribution in [0.1, 0.15) is 158 Å². The van der Waals surface area contributed by atoms with E-state index < -0.39 is 8.60 Å². The summed E-state index contributed by atoms with van der Waals surface area (Å²) in [5, 5.41) is 0. The maximum atomic E-state index is 6.88. The minimum atomic E-state index is -1.92. The van der Waals surface area contributed by atoms with Gasteiger partial charge in [-0.1, -0.05) is 160 Å². The lowest BCUT2D eigenvalue weighted by Gasteiger charge is -2.35. The van der Waals surface area contributed by atoms with Crippen molar-refractivity contribution in [1.29, 1.82) is 0 Å². The molecule has 0 unspecified atom stereocenters. The van der Waals surface area contributed by atoms with Crippen molar-refractivity contribution >= 4 is 8.60 Å². The molecule has 0 aliphatic carbocycles. The summed E-state index contributed by atoms with van der Waals surface area (Å²) in [6.07, 6.45) is 0. The molecule has 0 spiro atoms. The van der Waals surface area contributed by atoms with Gasteiger partial charge in [-0.15, -0.1) is 11.6 Å². The molecular weight excluding hydrogens is 583 g/mol. The molecule has 3 nitrogen and oxygen atoms in total. The van der Waals surface area contributed by atoms with Crippen molar-refractivity contribution in [1.82, 2.24) is 0 Å². The van der Waals surface area contributed by atoms with Gasteiger partial charge < -0.3 is 13.6 Å². The van der Waals surface area contributed by atoms with Gasteiger partial charge in [0.25, 0.3) is 0 Å². The van der Waals surface area contributed by atoms with Crippen molar-refractivity contribution in [3.63, 3.8) is 0 Å². The van der Waals surface area contributed by atoms with Crippen LogP contribution in [0, 0.1) is 6.07 Å². The summed E-state index contributed by atoms with van der Waals surface area (Å²) in [5.74, 6) is 2.22. The highest BCUT2D eigenvalue weighted by molar-refractivity contribution is 7.43. The van der Waals surface area contributed by atoms with Gasteiger partial charge in [0.1, 0.15) is 11.5 Å². The topological polar surface area (TPSA) is 27.7 Å². The van der Waals surface area contributed by atoms with Gasteiger partial charge in [-0.3, -0.25) is 0 Å². The van der Waals surface area contributed by atoms with E-state index >= 15 is 0 Å². The molecule has 0 saturated carbocycles. The number of rotatable bonds is 6. The molecule has 0 fully saturated rings. The Morgan fingerprint density at radius 2 is 0.761 bits per heavy atom. The molecule has 0 aromatic heterocycles. The van der Waals surface area contributed by atoms with Crippen LogP contribution in [-0.2, 0) is 32.5 Å². The van der Waals surface area contributed by atoms with E-state index in [2.05, 4.69) is 179 Å². The van der Waals surface area contributed by atoms with Crippen LogP contribution in [0.5, 0.6) is 17.2 Å². The second kappa shape index (κ2) is 12.8. The minimum absolute atomic E-state index is 0.0120. The number of hydrogen-bond acceptors (Lipinski definition) is 3. The zero-order valence-electron chi connectivity index (χ0n) is 32.3. The highest BCUT2D eigenvalue weighted by Crippen LogP contribution is 2.50. The Bertz CT molecular complexity index is 1320. The lowest BCUT2D eigenvalue weighted by molar-refractivity contribution is 0.371. The normalized spacial score (nSPS) is 13.6. The van der Waals surface area contributed by atoms with E-state index in [1.165, 1.54) is 16.7 Å². The molecule has 0 bridgehead atoms. The minimum Gasteiger partial charge on any atom is -0.435 e. The Morgan fingerprint density at radius 1 is 0.413 bits per heavy atom. The molecule has 254 valence electrons. The van der Waals surface area contributed by atoms with Gasteiger partial charge >= 0.3 is 8.60 Å². The maximum Gasteiger partial charge on any atom is 0.528 e. The third-order valence-corrected chi connectivity index (χ3v) is 9.42. The molecule has 0 aliphatic rings. The van der Waals surface area contributed by atoms with Crippen molar-refractivity contribution in [3.8, 4) is 17.2 Å². The second-order valence-corrected chi connectivity index (χ2v) is 20.0. The predicted molar refractivity (Wildman–Crippen MR) is 199 cm³/mol. The standard InChI is InChI=1S/C42H62O3P/c1-37(2,3)28-19-22-34(31(25-28)40(10,11)12)43-46(44-35-23-20-29(38(4,5)6)26-32(35)41(13,14)15)45-36-24-21-30(39(7,8)9)27-33(36)42(16,17)18/h19-23,25-27H,1-18H3/q-1. The zero-order chi connectivity index (χ0) is 35.3. The second-order valence-electron chi connectivity index (χ2n) is 19.1. The van der Waals surface area contributed by atoms with Crippen LogP contribution < -0.4 is 13.6 Å². The van der Waals surface area contributed by atoms with E-state index in [1.807, 2.05) is 0 Å². The fourth-order valence-corrected chi connectivity index (χ4v) is 6.22. The smallest absolute Gasteiger partial charge is 0.435 e. The molecule has 3 rings (SSSR count). The van der Waals surface area contributed by atoms with Gasteiger partial charge in [0.2, 0.25) is 0 Å². The van der Waals surface area contributed by atoms with E-state index in [9.17, 15) is 0 Å². The van der Waals surface area contributed by atoms with Crippen molar-refractivity contribution in [2.45, 2.75) is 157 Å². The molecular formula is C42H62O3P-. The Labute approximate surface area is 283 Å². The number of benzene rings is 3. The van der Waals surface area contributed by atoms with Crippen LogP contribution >= 0.6 is 8.60 Å². The maximum absolute atomic E-state index is 6.88. The van der Waals surface area contributed by atoms with E-state index in [0.29, 0.717) is 5.75 Å². The fourth-order valence-electron chi connectivity index (χ4n) is 5.16. The van der Waals surface area contributed by atoms with Gasteiger partial charge in [-0.25, -0.2) is 0 Å². The first-order valence-corrected chi connectivity index (χ1v) is 17.9. The lowest BCUT2D eigenvalue weighted by Crippen LogP contribution is -2.20. The molecule has 46 heavy (non-hydrogen) atoms. The van der Waals surface area contributed by atoms with Crippen LogP contribution in [0.25, 0.3) is 0 Å². The summed E-state index contributed by atoms with van der Waals surface area (Å²) in [6, 6.07) is 20.9. The van der Waals surface area contributed by atoms with E-state index in [-0.39, 0.29) is 32.5 Å². The highest BCUT2D eigenvalue weighted by atomic mass is 31.2. The van der Waals surface area contributed by atoms with Crippen LogP contribution in [0.3, 0.4) is 0 Å². The van der Waals surface area contributed by atoms with Gasteiger partial charge in [0.05, 0.1) is 0 Å². The molecule has 0 N–H and O–H groups in total. The first-order valence-electron chi connectivity index (χ1n) is 16.8. The Hall–Kier alpha value is -2.51. The Balaban J connectivity index is 2.24. The van der Waals surface area contributed by atoms with E-state index in [4.69, 9.17) is 13.6 Å². The molecule has 3 aromatic carbocycles. The highest BCUT2D eigenvalue weighted by Gasteiger charge is 2.31. The van der Waals surface area contributed by atoms with Crippen molar-refractivity contribution in [2.75, 3.05) is 0 Å². The Kier molecular flexibility index (Phi) is 10.6. The van der Waals surface area contributed by atoms with Crippen LogP contribution in [-0.4, -0.2) is 0 Å². The van der Waals surface area contributed by atoms with Crippen LogP contribution in [0.2, 0.25) is 0 Å². The average Bonchev–Trinajstić information content (AvgIpc) is 2.85. The predicted octanol–water partition coefficient (Wildman–Crippen LogP) is 13.0. The Morgan fingerprint density at radius 3 is 1.09 bits per heavy atom. The van der Waals surface area contributed by atoms with Crippen molar-refractivity contribution in [2.24, 2.45) is 0 Å². The van der Waals surface area contributed by atoms with E-state index in [0.717, 1.165) is 28.2 Å². The molecule has 0 aliphatic heterocycles. The van der Waals surface area contributed by atoms with Gasteiger partial charge in [0.15, 0.2) is 0 Å². The van der Waals surface area contributed by atoms with Gasteiger partial charge in [-0.2, -0.15) is 17.7 Å². The van der Waals surface area contributed by atoms with Crippen molar-refractivity contribution in [3.05, 3.63) is 88.0 Å². The quantitative estimate of drug-likeness (QED) is 0.197. The van der Waals surface area contributed by atoms with Crippen LogP contribution in [0.15, 0.2) is 48.5 Å². The zero-order valence-corrected chi connectivity index (χ0v) is 33.2. The molecule has 3 aromatic rings. The summed E-state index contributed by atoms with van der Waals surface area (Å²) < 4.78 is 20.6. The number of hydrogen-bond donors (Lipinski definition) is 0. The fraction of sp³-hybridized carbons (Fsp3) is 0.571. The first-order chi connectivity index (χ1) is 20.6. The largest absolute Gasteiger partial charge is 0.528 e. The summed E-state index contributed by atoms with van der Waals surface area (Å²) >= 11 is 0. The van der Waals surface area contributed by atoms with Crippen molar-refractivity contribution < 1.29 is 13.6 Å². The molecule has 0 saturated heterocycles. The van der Waals surface area contributed by atoms with Gasteiger partial charge in [0, 0.05) is 16.9 Å². The lowest BCUT2D eigenvalue weighted by atomic mass is 9.80. The molecule has 0 amide bonds. The monoisotopic (exact) mass is 645 g/mol. The summed E-state index contributed by atoms with van der Waals surface area (Å²) in [5.41, 5.74) is 6.62. The molecule has 0 atom stereocenters. The van der Waals surface area contributed by atoms with Gasteiger partial charge in [-0.05, 0) is 44.9 Å². The third-order valence-electron chi connectivity index (χ3n) is 8.40. The third kappa shape index (κ3) is 9.53. The SMILES string of the molecule is CC(C)(C)c1c[c-]c(OP(Oc2ccc(C(C)(C)C)cc2C(C)(C)C)Oc2ccc(C(C)(C)C)cc2C(C)(C)C)c(C(C)(C)C)c1. The van der Waals surface area contributed by atoms with E-state index in [1.54, 1.807) is 0 Å². The first kappa shape index (κ1) is 37.9. The summed E-state index contributed by atoms with van der Waals surface area (Å²) in [4.78, 5) is 0. The molecule has 0 radical (unpaired) electrons. The molecule has 0 heterocycles. The summed E-state index contributed by atoms with van der Waals surface area (Å²) in [7, 11) is -1.92.